The van der Waals surface area contributed by atoms with Crippen LogP contribution in [0.1, 0.15) is 46.5 Å². The maximum Gasteiger partial charge on any atom is 0.0278 e. The number of nitrogens with zero attached hydrogens (tertiary/aromatic N) is 2. The number of rotatable bonds is 2. The summed E-state index contributed by atoms with van der Waals surface area (Å²) in [4.78, 5) is 5.57. The predicted molar refractivity (Wildman–Crippen MR) is 75.9 cm³/mol. The molecule has 3 aliphatic heterocycles. The summed E-state index contributed by atoms with van der Waals surface area (Å²) in [5, 5.41) is 3.75. The van der Waals surface area contributed by atoms with Crippen molar-refractivity contribution in [2.24, 2.45) is 0 Å². The van der Waals surface area contributed by atoms with Gasteiger partial charge in [0.2, 0.25) is 0 Å². The van der Waals surface area contributed by atoms with E-state index in [1.807, 2.05) is 0 Å². The first-order valence-corrected chi connectivity index (χ1v) is 7.88. The standard InChI is InChI=1S/C15H29N3/c1-4-15(3)11-18(12(2)10-16-15)14-7-9-17-8-5-6-13(14)17/h12-14,16H,4-11H2,1-3H3. The lowest BCUT2D eigenvalue weighted by molar-refractivity contribution is 0.0423. The van der Waals surface area contributed by atoms with E-state index < -0.39 is 0 Å². The maximum atomic E-state index is 3.75. The Balaban J connectivity index is 1.73. The molecular formula is C15H29N3. The number of fused-ring (bicyclic) bond motifs is 1. The van der Waals surface area contributed by atoms with Gasteiger partial charge in [0, 0.05) is 43.3 Å². The van der Waals surface area contributed by atoms with Crippen LogP contribution in [-0.2, 0) is 0 Å². The van der Waals surface area contributed by atoms with Gasteiger partial charge in [-0.1, -0.05) is 6.92 Å². The fourth-order valence-electron chi connectivity index (χ4n) is 4.25. The normalized spacial score (nSPS) is 46.5. The Labute approximate surface area is 112 Å². The van der Waals surface area contributed by atoms with E-state index in [9.17, 15) is 0 Å². The van der Waals surface area contributed by atoms with E-state index in [-0.39, 0.29) is 0 Å². The fraction of sp³-hybridized carbons (Fsp3) is 1.00. The molecule has 3 aliphatic rings. The minimum absolute atomic E-state index is 0.332. The molecule has 0 spiro atoms. The van der Waals surface area contributed by atoms with Crippen LogP contribution >= 0.6 is 0 Å². The highest BCUT2D eigenvalue weighted by molar-refractivity contribution is 5.02. The van der Waals surface area contributed by atoms with Crippen LogP contribution in [0.4, 0.5) is 0 Å². The average Bonchev–Trinajstić information content (AvgIpc) is 2.95. The summed E-state index contributed by atoms with van der Waals surface area (Å²) in [5.41, 5.74) is 0.332. The molecule has 3 nitrogen and oxygen atoms in total. The molecule has 3 heteroatoms. The fourth-order valence-corrected chi connectivity index (χ4v) is 4.25. The van der Waals surface area contributed by atoms with Crippen LogP contribution in [0.5, 0.6) is 0 Å². The van der Waals surface area contributed by atoms with E-state index in [1.165, 1.54) is 45.3 Å². The first-order valence-electron chi connectivity index (χ1n) is 7.88. The SMILES string of the molecule is CCC1(C)CN(C2CCN3CCCC23)C(C)CN1. The molecule has 0 saturated carbocycles. The molecule has 4 atom stereocenters. The Bertz CT molecular complexity index is 306. The third-order valence-corrected chi connectivity index (χ3v) is 5.70. The lowest BCUT2D eigenvalue weighted by Crippen LogP contribution is -2.65. The van der Waals surface area contributed by atoms with Gasteiger partial charge in [0.05, 0.1) is 0 Å². The number of piperazine rings is 1. The van der Waals surface area contributed by atoms with Gasteiger partial charge in [-0.3, -0.25) is 9.80 Å². The zero-order valence-electron chi connectivity index (χ0n) is 12.3. The van der Waals surface area contributed by atoms with Crippen molar-refractivity contribution in [3.63, 3.8) is 0 Å². The van der Waals surface area contributed by atoms with E-state index in [1.54, 1.807) is 0 Å². The molecule has 0 bridgehead atoms. The minimum Gasteiger partial charge on any atom is -0.309 e. The topological polar surface area (TPSA) is 18.5 Å². The van der Waals surface area contributed by atoms with Crippen LogP contribution in [0.2, 0.25) is 0 Å². The first kappa shape index (κ1) is 12.9. The molecule has 104 valence electrons. The van der Waals surface area contributed by atoms with Crippen molar-refractivity contribution in [3.8, 4) is 0 Å². The second kappa shape index (κ2) is 4.77. The van der Waals surface area contributed by atoms with Gasteiger partial charge in [-0.15, -0.1) is 0 Å². The van der Waals surface area contributed by atoms with Gasteiger partial charge in [-0.25, -0.2) is 0 Å². The van der Waals surface area contributed by atoms with Crippen LogP contribution in [0.15, 0.2) is 0 Å². The van der Waals surface area contributed by atoms with Crippen molar-refractivity contribution in [1.82, 2.24) is 15.1 Å². The molecule has 4 unspecified atom stereocenters. The number of hydrogen-bond donors (Lipinski definition) is 1. The van der Waals surface area contributed by atoms with Crippen molar-refractivity contribution in [2.75, 3.05) is 26.2 Å². The molecule has 0 amide bonds. The summed E-state index contributed by atoms with van der Waals surface area (Å²) in [5.74, 6) is 0. The van der Waals surface area contributed by atoms with Gasteiger partial charge < -0.3 is 5.32 Å². The van der Waals surface area contributed by atoms with Gasteiger partial charge in [-0.2, -0.15) is 0 Å². The van der Waals surface area contributed by atoms with E-state index in [0.717, 1.165) is 18.6 Å². The zero-order chi connectivity index (χ0) is 12.8. The van der Waals surface area contributed by atoms with Crippen molar-refractivity contribution in [3.05, 3.63) is 0 Å². The van der Waals surface area contributed by atoms with Crippen LogP contribution in [-0.4, -0.2) is 59.6 Å². The van der Waals surface area contributed by atoms with Gasteiger partial charge >= 0.3 is 0 Å². The number of nitrogens with one attached hydrogen (secondary N) is 1. The molecule has 0 aliphatic carbocycles. The maximum absolute atomic E-state index is 3.75. The molecule has 0 radical (unpaired) electrons. The van der Waals surface area contributed by atoms with Crippen LogP contribution in [0.25, 0.3) is 0 Å². The van der Waals surface area contributed by atoms with Crippen LogP contribution in [0.3, 0.4) is 0 Å². The Morgan fingerprint density at radius 3 is 2.83 bits per heavy atom. The van der Waals surface area contributed by atoms with Gasteiger partial charge in [0.25, 0.3) is 0 Å². The lowest BCUT2D eigenvalue weighted by Gasteiger charge is -2.48. The van der Waals surface area contributed by atoms with Gasteiger partial charge in [0.15, 0.2) is 0 Å². The van der Waals surface area contributed by atoms with Crippen LogP contribution in [0, 0.1) is 0 Å². The highest BCUT2D eigenvalue weighted by atomic mass is 15.3. The molecular weight excluding hydrogens is 222 g/mol. The van der Waals surface area contributed by atoms with E-state index in [2.05, 4.69) is 35.9 Å². The summed E-state index contributed by atoms with van der Waals surface area (Å²) in [6.45, 7) is 12.2. The molecule has 3 heterocycles. The zero-order valence-corrected chi connectivity index (χ0v) is 12.3. The smallest absolute Gasteiger partial charge is 0.0278 e. The van der Waals surface area contributed by atoms with Crippen molar-refractivity contribution in [1.29, 1.82) is 0 Å². The highest BCUT2D eigenvalue weighted by Crippen LogP contribution is 2.34. The average molecular weight is 251 g/mol. The number of hydrogen-bond acceptors (Lipinski definition) is 3. The van der Waals surface area contributed by atoms with E-state index in [4.69, 9.17) is 0 Å². The van der Waals surface area contributed by atoms with Crippen molar-refractivity contribution in [2.45, 2.75) is 70.1 Å². The van der Waals surface area contributed by atoms with E-state index in [0.29, 0.717) is 11.6 Å². The van der Waals surface area contributed by atoms with Gasteiger partial charge in [-0.05, 0) is 46.1 Å². The summed E-state index contributed by atoms with van der Waals surface area (Å²) < 4.78 is 0. The monoisotopic (exact) mass is 251 g/mol. The predicted octanol–water partition coefficient (Wildman–Crippen LogP) is 1.69. The first-order chi connectivity index (χ1) is 8.63. The lowest BCUT2D eigenvalue weighted by atomic mass is 9.91. The largest absolute Gasteiger partial charge is 0.309 e. The summed E-state index contributed by atoms with van der Waals surface area (Å²) in [6, 6.07) is 2.40. The Kier molecular flexibility index (Phi) is 3.41. The Hall–Kier alpha value is -0.120. The quantitative estimate of drug-likeness (QED) is 0.806. The molecule has 18 heavy (non-hydrogen) atoms. The second-order valence-corrected chi connectivity index (χ2v) is 6.92. The summed E-state index contributed by atoms with van der Waals surface area (Å²) >= 11 is 0. The van der Waals surface area contributed by atoms with E-state index >= 15 is 0 Å². The minimum atomic E-state index is 0.332. The molecule has 0 aromatic rings. The van der Waals surface area contributed by atoms with Crippen LogP contribution < -0.4 is 5.32 Å². The molecule has 1 N–H and O–H groups in total. The van der Waals surface area contributed by atoms with Crippen molar-refractivity contribution >= 4 is 0 Å². The Morgan fingerprint density at radius 2 is 2.06 bits per heavy atom. The van der Waals surface area contributed by atoms with Crippen molar-refractivity contribution < 1.29 is 0 Å². The Morgan fingerprint density at radius 1 is 1.22 bits per heavy atom. The molecule has 3 saturated heterocycles. The molecule has 3 fully saturated rings. The molecule has 0 aromatic carbocycles. The second-order valence-electron chi connectivity index (χ2n) is 6.92. The summed E-state index contributed by atoms with van der Waals surface area (Å²) in [7, 11) is 0. The third-order valence-electron chi connectivity index (χ3n) is 5.70. The van der Waals surface area contributed by atoms with Gasteiger partial charge in [0.1, 0.15) is 0 Å². The highest BCUT2D eigenvalue weighted by Gasteiger charge is 2.44. The molecule has 3 rings (SSSR count). The summed E-state index contributed by atoms with van der Waals surface area (Å²) in [6.07, 6.45) is 5.49. The third kappa shape index (κ3) is 2.10. The molecule has 0 aromatic heterocycles.